The highest BCUT2D eigenvalue weighted by Gasteiger charge is 2.21. The number of piperidine rings is 1. The van der Waals surface area contributed by atoms with E-state index in [-0.39, 0.29) is 12.1 Å². The van der Waals surface area contributed by atoms with E-state index >= 15 is 0 Å². The Kier molecular flexibility index (Phi) is 3.98. The highest BCUT2D eigenvalue weighted by Crippen LogP contribution is 2.16. The molecule has 1 fully saturated rings. The van der Waals surface area contributed by atoms with Crippen LogP contribution in [0.25, 0.3) is 11.0 Å². The maximum Gasteiger partial charge on any atom is 0.107 e. The van der Waals surface area contributed by atoms with Gasteiger partial charge in [0.05, 0.1) is 24.1 Å². The molecular formula is C15H22N4O. The number of aliphatic hydroxyl groups is 1. The Hall–Kier alpha value is -1.46. The van der Waals surface area contributed by atoms with Gasteiger partial charge in [-0.05, 0) is 45.2 Å². The van der Waals surface area contributed by atoms with Crippen molar-refractivity contribution in [3.63, 3.8) is 0 Å². The third kappa shape index (κ3) is 2.83. The van der Waals surface area contributed by atoms with E-state index in [1.54, 1.807) is 0 Å². The van der Waals surface area contributed by atoms with Crippen molar-refractivity contribution in [2.24, 2.45) is 0 Å². The summed E-state index contributed by atoms with van der Waals surface area (Å²) in [5.41, 5.74) is 3.12. The minimum absolute atomic E-state index is 0.185. The zero-order valence-corrected chi connectivity index (χ0v) is 11.9. The molecule has 2 N–H and O–H groups in total. The van der Waals surface area contributed by atoms with Crippen LogP contribution in [0.2, 0.25) is 0 Å². The predicted octanol–water partition coefficient (Wildman–Crippen LogP) is 1.63. The van der Waals surface area contributed by atoms with Gasteiger partial charge in [0, 0.05) is 18.3 Å². The molecular weight excluding hydrogens is 252 g/mol. The number of aryl methyl sites for hydroxylation is 2. The molecule has 0 bridgehead atoms. The molecule has 2 atom stereocenters. The van der Waals surface area contributed by atoms with E-state index in [2.05, 4.69) is 25.9 Å². The fourth-order valence-electron chi connectivity index (χ4n) is 2.95. The molecule has 5 nitrogen and oxygen atoms in total. The molecule has 0 saturated carbocycles. The quantitative estimate of drug-likeness (QED) is 0.889. The number of aliphatic hydroxyl groups excluding tert-OH is 1. The Morgan fingerprint density at radius 3 is 3.20 bits per heavy atom. The van der Waals surface area contributed by atoms with Crippen molar-refractivity contribution in [1.82, 2.24) is 19.9 Å². The Morgan fingerprint density at radius 2 is 2.35 bits per heavy atom. The van der Waals surface area contributed by atoms with Crippen molar-refractivity contribution in [2.75, 3.05) is 6.54 Å². The van der Waals surface area contributed by atoms with Gasteiger partial charge in [0.1, 0.15) is 5.52 Å². The van der Waals surface area contributed by atoms with Crippen molar-refractivity contribution in [2.45, 2.75) is 51.3 Å². The van der Waals surface area contributed by atoms with Gasteiger partial charge in [-0.1, -0.05) is 0 Å². The summed E-state index contributed by atoms with van der Waals surface area (Å²) in [4.78, 5) is 8.64. The zero-order valence-electron chi connectivity index (χ0n) is 11.9. The van der Waals surface area contributed by atoms with E-state index in [1.165, 1.54) is 0 Å². The molecule has 20 heavy (non-hydrogen) atoms. The van der Waals surface area contributed by atoms with Gasteiger partial charge >= 0.3 is 0 Å². The van der Waals surface area contributed by atoms with Gasteiger partial charge in [0.25, 0.3) is 0 Å². The van der Waals surface area contributed by atoms with E-state index in [1.807, 2.05) is 19.4 Å². The fraction of sp³-hybridized carbons (Fsp3) is 0.600. The monoisotopic (exact) mass is 274 g/mol. The molecule has 1 aliphatic rings. The van der Waals surface area contributed by atoms with Crippen LogP contribution in [0.15, 0.2) is 18.6 Å². The van der Waals surface area contributed by atoms with E-state index in [0.717, 1.165) is 55.5 Å². The maximum atomic E-state index is 9.94. The molecule has 0 aliphatic carbocycles. The molecule has 108 valence electrons. The first-order valence-electron chi connectivity index (χ1n) is 7.43. The van der Waals surface area contributed by atoms with Crippen molar-refractivity contribution in [3.8, 4) is 0 Å². The van der Waals surface area contributed by atoms with Gasteiger partial charge in [0.2, 0.25) is 0 Å². The summed E-state index contributed by atoms with van der Waals surface area (Å²) in [5, 5.41) is 13.4. The molecule has 1 unspecified atom stereocenters. The van der Waals surface area contributed by atoms with Crippen LogP contribution in [-0.2, 0) is 6.54 Å². The number of pyridine rings is 1. The van der Waals surface area contributed by atoms with E-state index < -0.39 is 0 Å². The highest BCUT2D eigenvalue weighted by molar-refractivity contribution is 5.74. The molecule has 3 heterocycles. The molecule has 3 rings (SSSR count). The number of aromatic nitrogens is 3. The van der Waals surface area contributed by atoms with E-state index in [9.17, 15) is 5.11 Å². The van der Waals surface area contributed by atoms with Crippen molar-refractivity contribution < 1.29 is 5.11 Å². The van der Waals surface area contributed by atoms with Crippen LogP contribution < -0.4 is 5.32 Å². The Balaban J connectivity index is 1.61. The second kappa shape index (κ2) is 5.89. The second-order valence-corrected chi connectivity index (χ2v) is 5.66. The number of nitrogens with one attached hydrogen (secondary N) is 1. The summed E-state index contributed by atoms with van der Waals surface area (Å²) < 4.78 is 2.18. The average Bonchev–Trinajstić information content (AvgIpc) is 2.83. The van der Waals surface area contributed by atoms with E-state index in [0.29, 0.717) is 0 Å². The summed E-state index contributed by atoms with van der Waals surface area (Å²) in [6, 6.07) is 2.33. The van der Waals surface area contributed by atoms with Gasteiger partial charge < -0.3 is 15.0 Å². The van der Waals surface area contributed by atoms with Crippen LogP contribution >= 0.6 is 0 Å². The largest absolute Gasteiger partial charge is 0.392 e. The lowest BCUT2D eigenvalue weighted by Gasteiger charge is -2.29. The standard InChI is InChI=1S/C15H22N4O/c1-11-8-14-13(9-17-11)18-10-19(14)7-3-4-12-15(20)5-2-6-16-12/h8-10,12,15-16,20H,2-7H2,1H3/t12?,15-/m0/s1. The van der Waals surface area contributed by atoms with Gasteiger partial charge in [-0.2, -0.15) is 0 Å². The molecule has 0 amide bonds. The van der Waals surface area contributed by atoms with Gasteiger partial charge in [-0.25, -0.2) is 4.98 Å². The number of hydrogen-bond acceptors (Lipinski definition) is 4. The molecule has 5 heteroatoms. The average molecular weight is 274 g/mol. The summed E-state index contributed by atoms with van der Waals surface area (Å²) in [6.45, 7) is 3.96. The van der Waals surface area contributed by atoms with Crippen molar-refractivity contribution in [1.29, 1.82) is 0 Å². The first-order chi connectivity index (χ1) is 9.74. The summed E-state index contributed by atoms with van der Waals surface area (Å²) >= 11 is 0. The van der Waals surface area contributed by atoms with Crippen molar-refractivity contribution >= 4 is 11.0 Å². The smallest absolute Gasteiger partial charge is 0.107 e. The molecule has 2 aromatic rings. The first-order valence-corrected chi connectivity index (χ1v) is 7.43. The SMILES string of the molecule is Cc1cc2c(cn1)ncn2CCCC1NCCC[C@@H]1O. The number of imidazole rings is 1. The lowest BCUT2D eigenvalue weighted by Crippen LogP contribution is -2.44. The summed E-state index contributed by atoms with van der Waals surface area (Å²) in [6.07, 6.45) is 7.58. The molecule has 0 radical (unpaired) electrons. The minimum atomic E-state index is -0.185. The predicted molar refractivity (Wildman–Crippen MR) is 78.5 cm³/mol. The van der Waals surface area contributed by atoms with Gasteiger partial charge in [-0.3, -0.25) is 4.98 Å². The second-order valence-electron chi connectivity index (χ2n) is 5.66. The Morgan fingerprint density at radius 1 is 1.45 bits per heavy atom. The molecule has 0 aromatic carbocycles. The van der Waals surface area contributed by atoms with Crippen LogP contribution in [0.5, 0.6) is 0 Å². The molecule has 2 aromatic heterocycles. The van der Waals surface area contributed by atoms with Crippen LogP contribution in [0.4, 0.5) is 0 Å². The lowest BCUT2D eigenvalue weighted by molar-refractivity contribution is 0.0909. The Labute approximate surface area is 119 Å². The number of rotatable bonds is 4. The van der Waals surface area contributed by atoms with Gasteiger partial charge in [0.15, 0.2) is 0 Å². The number of fused-ring (bicyclic) bond motifs is 1. The van der Waals surface area contributed by atoms with Crippen molar-refractivity contribution in [3.05, 3.63) is 24.3 Å². The Bertz CT molecular complexity index is 580. The van der Waals surface area contributed by atoms with Crippen LogP contribution in [0.3, 0.4) is 0 Å². The lowest BCUT2D eigenvalue weighted by atomic mass is 9.97. The summed E-state index contributed by atoms with van der Waals surface area (Å²) in [7, 11) is 0. The van der Waals surface area contributed by atoms with E-state index in [4.69, 9.17) is 0 Å². The third-order valence-corrected chi connectivity index (χ3v) is 4.11. The normalized spacial score (nSPS) is 23.3. The molecule has 1 aliphatic heterocycles. The molecule has 0 spiro atoms. The summed E-state index contributed by atoms with van der Waals surface area (Å²) in [5.74, 6) is 0. The first kappa shape index (κ1) is 13.5. The third-order valence-electron chi connectivity index (χ3n) is 4.11. The number of hydrogen-bond donors (Lipinski definition) is 2. The number of nitrogens with zero attached hydrogens (tertiary/aromatic N) is 3. The van der Waals surface area contributed by atoms with Gasteiger partial charge in [-0.15, -0.1) is 0 Å². The maximum absolute atomic E-state index is 9.94. The highest BCUT2D eigenvalue weighted by atomic mass is 16.3. The molecule has 1 saturated heterocycles. The topological polar surface area (TPSA) is 63.0 Å². The fourth-order valence-corrected chi connectivity index (χ4v) is 2.95. The minimum Gasteiger partial charge on any atom is -0.392 e. The van der Waals surface area contributed by atoms with Crippen LogP contribution in [0.1, 0.15) is 31.4 Å². The van der Waals surface area contributed by atoms with Crippen LogP contribution in [0, 0.1) is 6.92 Å². The zero-order chi connectivity index (χ0) is 13.9. The van der Waals surface area contributed by atoms with Crippen LogP contribution in [-0.4, -0.2) is 38.3 Å².